The highest BCUT2D eigenvalue weighted by Gasteiger charge is 2.39. The first-order valence-electron chi connectivity index (χ1n) is 14.1. The highest BCUT2D eigenvalue weighted by atomic mass is 16.6. The van der Waals surface area contributed by atoms with E-state index in [0.29, 0.717) is 66.1 Å². The monoisotopic (exact) mass is 576 g/mol. The fraction of sp³-hybridized carbons (Fsp3) is 0.200. The molecule has 0 N–H and O–H groups in total. The van der Waals surface area contributed by atoms with Crippen molar-refractivity contribution >= 4 is 17.8 Å². The molecule has 4 aromatic rings. The van der Waals surface area contributed by atoms with Crippen molar-refractivity contribution in [1.82, 2.24) is 0 Å². The van der Waals surface area contributed by atoms with Crippen LogP contribution in [0, 0.1) is 0 Å². The Morgan fingerprint density at radius 3 is 2.49 bits per heavy atom. The number of ether oxygens (including phenoxy) is 6. The Morgan fingerprint density at radius 1 is 0.860 bits per heavy atom. The summed E-state index contributed by atoms with van der Waals surface area (Å²) in [5.41, 5.74) is 3.76. The standard InChI is InChI=1S/C35H28O8/c1-38-23-9-6-21(7-10-23)14-15-39-27-5-3-2-4-24(27)26-20-32(36)42-29-13-11-25-34(37)31(43-35(25)33(26)29)19-22-8-12-28-30(18-22)41-17-16-40-28/h2-13,18-19,26H,14-17,20H2,1H3. The summed E-state index contributed by atoms with van der Waals surface area (Å²) >= 11 is 0. The van der Waals surface area contributed by atoms with Gasteiger partial charge in [-0.3, -0.25) is 9.59 Å². The van der Waals surface area contributed by atoms with Gasteiger partial charge in [0.25, 0.3) is 0 Å². The summed E-state index contributed by atoms with van der Waals surface area (Å²) in [5.74, 6) is 2.68. The van der Waals surface area contributed by atoms with Gasteiger partial charge >= 0.3 is 5.97 Å². The lowest BCUT2D eigenvalue weighted by molar-refractivity contribution is -0.135. The van der Waals surface area contributed by atoms with Crippen LogP contribution < -0.4 is 28.4 Å². The molecule has 7 rings (SSSR count). The number of hydrogen-bond acceptors (Lipinski definition) is 8. The Kier molecular flexibility index (Phi) is 6.95. The molecule has 216 valence electrons. The second kappa shape index (κ2) is 11.2. The number of benzene rings is 4. The van der Waals surface area contributed by atoms with Crippen LogP contribution in [0.5, 0.6) is 34.5 Å². The van der Waals surface area contributed by atoms with E-state index in [1.165, 1.54) is 0 Å². The normalized spacial score (nSPS) is 17.5. The van der Waals surface area contributed by atoms with E-state index >= 15 is 0 Å². The van der Waals surface area contributed by atoms with Crippen molar-refractivity contribution in [3.05, 3.63) is 112 Å². The zero-order valence-corrected chi connectivity index (χ0v) is 23.5. The average molecular weight is 577 g/mol. The number of fused-ring (bicyclic) bond motifs is 4. The van der Waals surface area contributed by atoms with Crippen molar-refractivity contribution in [2.45, 2.75) is 18.8 Å². The van der Waals surface area contributed by atoms with Gasteiger partial charge in [0.2, 0.25) is 5.78 Å². The van der Waals surface area contributed by atoms with Gasteiger partial charge < -0.3 is 28.4 Å². The van der Waals surface area contributed by atoms with Gasteiger partial charge in [-0.05, 0) is 59.7 Å². The Balaban J connectivity index is 1.18. The molecule has 0 aliphatic carbocycles. The lowest BCUT2D eigenvalue weighted by atomic mass is 9.84. The Hall–Kier alpha value is -5.24. The van der Waals surface area contributed by atoms with Gasteiger partial charge in [-0.1, -0.05) is 36.4 Å². The van der Waals surface area contributed by atoms with Crippen LogP contribution in [-0.4, -0.2) is 38.7 Å². The molecule has 3 aliphatic heterocycles. The predicted octanol–water partition coefficient (Wildman–Crippen LogP) is 6.15. The molecule has 0 amide bonds. The van der Waals surface area contributed by atoms with E-state index in [1.54, 1.807) is 25.3 Å². The van der Waals surface area contributed by atoms with E-state index in [4.69, 9.17) is 28.4 Å². The minimum atomic E-state index is -0.426. The molecule has 0 spiro atoms. The first kappa shape index (κ1) is 26.6. The SMILES string of the molecule is COc1ccc(CCOc2ccccc2C2CC(=O)Oc3ccc4c(c32)OC(=Cc2ccc3c(c2)OCCO3)C4=O)cc1. The lowest BCUT2D eigenvalue weighted by Crippen LogP contribution is -2.22. The fourth-order valence-corrected chi connectivity index (χ4v) is 5.64. The number of Topliss-reactive ketones (excluding diaryl/α,β-unsaturated/α-hetero) is 1. The summed E-state index contributed by atoms with van der Waals surface area (Å²) in [7, 11) is 1.64. The Bertz CT molecular complexity index is 1750. The number of carbonyl (C=O) groups is 2. The molecule has 1 unspecified atom stereocenters. The van der Waals surface area contributed by atoms with E-state index in [2.05, 4.69) is 0 Å². The summed E-state index contributed by atoms with van der Waals surface area (Å²) in [6.07, 6.45) is 2.47. The molecule has 0 radical (unpaired) electrons. The van der Waals surface area contributed by atoms with E-state index in [-0.39, 0.29) is 23.9 Å². The maximum Gasteiger partial charge on any atom is 0.312 e. The van der Waals surface area contributed by atoms with Crippen LogP contribution >= 0.6 is 0 Å². The number of ketones is 1. The molecule has 0 fully saturated rings. The first-order valence-corrected chi connectivity index (χ1v) is 14.1. The first-order chi connectivity index (χ1) is 21.1. The number of carbonyl (C=O) groups excluding carboxylic acids is 2. The van der Waals surface area contributed by atoms with Gasteiger partial charge in [0.15, 0.2) is 17.3 Å². The van der Waals surface area contributed by atoms with Crippen LogP contribution in [0.25, 0.3) is 6.08 Å². The van der Waals surface area contributed by atoms with Crippen LogP contribution in [0.15, 0.2) is 84.6 Å². The number of allylic oxidation sites excluding steroid dienone is 1. The minimum absolute atomic E-state index is 0.0844. The van der Waals surface area contributed by atoms with E-state index in [0.717, 1.165) is 22.4 Å². The molecule has 1 atom stereocenters. The number of rotatable bonds is 7. The van der Waals surface area contributed by atoms with Gasteiger partial charge in [-0.25, -0.2) is 0 Å². The van der Waals surface area contributed by atoms with Gasteiger partial charge in [0.1, 0.15) is 36.2 Å². The summed E-state index contributed by atoms with van der Waals surface area (Å²) in [6.45, 7) is 1.41. The number of esters is 1. The molecule has 4 aromatic carbocycles. The molecule has 0 bridgehead atoms. The largest absolute Gasteiger partial charge is 0.497 e. The maximum atomic E-state index is 13.5. The average Bonchev–Trinajstić information content (AvgIpc) is 3.35. The van der Waals surface area contributed by atoms with E-state index in [9.17, 15) is 9.59 Å². The summed E-state index contributed by atoms with van der Waals surface area (Å²) in [4.78, 5) is 26.2. The number of para-hydroxylation sites is 1. The summed E-state index contributed by atoms with van der Waals surface area (Å²) in [5, 5.41) is 0. The van der Waals surface area contributed by atoms with E-state index < -0.39 is 5.92 Å². The third-order valence-corrected chi connectivity index (χ3v) is 7.75. The Labute approximate surface area is 248 Å². The zero-order chi connectivity index (χ0) is 29.3. The molecule has 0 saturated heterocycles. The quantitative estimate of drug-likeness (QED) is 0.147. The molecule has 8 heteroatoms. The molecule has 3 heterocycles. The molecule has 0 aromatic heterocycles. The molecule has 43 heavy (non-hydrogen) atoms. The molecule has 3 aliphatic rings. The zero-order valence-electron chi connectivity index (χ0n) is 23.5. The van der Waals surface area contributed by atoms with Crippen LogP contribution in [0.2, 0.25) is 0 Å². The lowest BCUT2D eigenvalue weighted by Gasteiger charge is -2.27. The topological polar surface area (TPSA) is 89.5 Å². The molecule has 8 nitrogen and oxygen atoms in total. The van der Waals surface area contributed by atoms with Crippen LogP contribution in [0.3, 0.4) is 0 Å². The smallest absolute Gasteiger partial charge is 0.312 e. The van der Waals surface area contributed by atoms with Crippen LogP contribution in [0.1, 0.15) is 45.0 Å². The number of hydrogen-bond donors (Lipinski definition) is 0. The van der Waals surface area contributed by atoms with Crippen molar-refractivity contribution < 1.29 is 38.0 Å². The predicted molar refractivity (Wildman–Crippen MR) is 158 cm³/mol. The summed E-state index contributed by atoms with van der Waals surface area (Å²) < 4.78 is 34.7. The second-order valence-corrected chi connectivity index (χ2v) is 10.4. The third-order valence-electron chi connectivity index (χ3n) is 7.75. The van der Waals surface area contributed by atoms with Crippen molar-refractivity contribution in [3.63, 3.8) is 0 Å². The minimum Gasteiger partial charge on any atom is -0.497 e. The fourth-order valence-electron chi connectivity index (χ4n) is 5.64. The Morgan fingerprint density at radius 2 is 1.65 bits per heavy atom. The van der Waals surface area contributed by atoms with Crippen molar-refractivity contribution in [3.8, 4) is 34.5 Å². The van der Waals surface area contributed by atoms with Crippen LogP contribution in [0.4, 0.5) is 0 Å². The van der Waals surface area contributed by atoms with Gasteiger partial charge in [0.05, 0.1) is 25.7 Å². The highest BCUT2D eigenvalue weighted by molar-refractivity contribution is 6.15. The van der Waals surface area contributed by atoms with Crippen molar-refractivity contribution in [2.75, 3.05) is 26.9 Å². The van der Waals surface area contributed by atoms with Crippen molar-refractivity contribution in [2.24, 2.45) is 0 Å². The van der Waals surface area contributed by atoms with Crippen molar-refractivity contribution in [1.29, 1.82) is 0 Å². The summed E-state index contributed by atoms with van der Waals surface area (Å²) in [6, 6.07) is 24.3. The molecular weight excluding hydrogens is 548 g/mol. The highest BCUT2D eigenvalue weighted by Crippen LogP contribution is 2.50. The maximum absolute atomic E-state index is 13.5. The van der Waals surface area contributed by atoms with Gasteiger partial charge in [0, 0.05) is 23.5 Å². The molecular formula is C35H28O8. The second-order valence-electron chi connectivity index (χ2n) is 10.4. The van der Waals surface area contributed by atoms with Gasteiger partial charge in [-0.2, -0.15) is 0 Å². The van der Waals surface area contributed by atoms with Crippen LogP contribution in [-0.2, 0) is 11.2 Å². The third kappa shape index (κ3) is 5.16. The molecule has 0 saturated carbocycles. The van der Waals surface area contributed by atoms with Gasteiger partial charge in [-0.15, -0.1) is 0 Å². The number of methoxy groups -OCH3 is 1. The van der Waals surface area contributed by atoms with E-state index in [1.807, 2.05) is 66.7 Å².